The molecular formula is C15H18BrN5O. The molecule has 116 valence electrons. The maximum Gasteiger partial charge on any atom is 0.165 e. The van der Waals surface area contributed by atoms with Gasteiger partial charge in [0.25, 0.3) is 0 Å². The Morgan fingerprint density at radius 1 is 1.50 bits per heavy atom. The van der Waals surface area contributed by atoms with E-state index in [0.717, 1.165) is 33.9 Å². The zero-order valence-electron chi connectivity index (χ0n) is 12.7. The van der Waals surface area contributed by atoms with Gasteiger partial charge in [-0.1, -0.05) is 5.11 Å². The summed E-state index contributed by atoms with van der Waals surface area (Å²) in [5.74, 6) is 0.114. The van der Waals surface area contributed by atoms with Gasteiger partial charge >= 0.3 is 0 Å². The number of unbranched alkanes of at least 4 members (excludes halogenated alkanes) is 1. The lowest BCUT2D eigenvalue weighted by atomic mass is 10.1. The highest BCUT2D eigenvalue weighted by atomic mass is 79.9. The minimum Gasteiger partial charge on any atom is -0.343 e. The zero-order valence-corrected chi connectivity index (χ0v) is 14.2. The van der Waals surface area contributed by atoms with Crippen LogP contribution in [0.2, 0.25) is 0 Å². The van der Waals surface area contributed by atoms with E-state index in [2.05, 4.69) is 49.4 Å². The first-order chi connectivity index (χ1) is 10.5. The topological polar surface area (TPSA) is 83.7 Å². The Balaban J connectivity index is 2.24. The average Bonchev–Trinajstić information content (AvgIpc) is 2.85. The quantitative estimate of drug-likeness (QED) is 0.172. The minimum absolute atomic E-state index is 0.114. The van der Waals surface area contributed by atoms with Crippen molar-refractivity contribution >= 4 is 32.6 Å². The number of hydrogen-bond acceptors (Lipinski definition) is 3. The fourth-order valence-electron chi connectivity index (χ4n) is 2.42. The zero-order chi connectivity index (χ0) is 16.1. The summed E-state index contributed by atoms with van der Waals surface area (Å²) in [5, 5.41) is 4.41. The number of carbonyl (C=O) groups is 1. The van der Waals surface area contributed by atoms with Gasteiger partial charge in [-0.2, -0.15) is 0 Å². The molecule has 0 saturated heterocycles. The van der Waals surface area contributed by atoms with Gasteiger partial charge in [-0.3, -0.25) is 4.79 Å². The van der Waals surface area contributed by atoms with E-state index in [1.807, 2.05) is 12.3 Å². The molecule has 2 aromatic heterocycles. The fourth-order valence-corrected chi connectivity index (χ4v) is 2.75. The number of fused-ring (bicyclic) bond motifs is 1. The standard InChI is InChI=1S/C15H18BrN5O/c1-10(2)21-9-12(11-7-15(16)18-8-13(11)21)14(22)5-3-4-6-19-20-17/h7-10H,3-6H2,1-2H3. The minimum atomic E-state index is 0.114. The molecule has 0 aromatic carbocycles. The van der Waals surface area contributed by atoms with E-state index in [-0.39, 0.29) is 11.8 Å². The molecule has 0 aliphatic heterocycles. The number of hydrogen-bond donors (Lipinski definition) is 0. The second kappa shape index (κ2) is 7.42. The van der Waals surface area contributed by atoms with Crippen LogP contribution in [0.5, 0.6) is 0 Å². The number of azide groups is 1. The molecule has 0 saturated carbocycles. The molecule has 0 bridgehead atoms. The van der Waals surface area contributed by atoms with Gasteiger partial charge in [-0.15, -0.1) is 0 Å². The molecule has 22 heavy (non-hydrogen) atoms. The van der Waals surface area contributed by atoms with Crippen molar-refractivity contribution in [1.29, 1.82) is 0 Å². The highest BCUT2D eigenvalue weighted by Crippen LogP contribution is 2.27. The van der Waals surface area contributed by atoms with Gasteiger partial charge in [0.05, 0.1) is 11.7 Å². The summed E-state index contributed by atoms with van der Waals surface area (Å²) in [6.45, 7) is 4.60. The Hall–Kier alpha value is -1.85. The Labute approximate surface area is 137 Å². The summed E-state index contributed by atoms with van der Waals surface area (Å²) >= 11 is 3.36. The van der Waals surface area contributed by atoms with Crippen LogP contribution in [-0.2, 0) is 0 Å². The normalized spacial score (nSPS) is 10.9. The Morgan fingerprint density at radius 3 is 2.95 bits per heavy atom. The van der Waals surface area contributed by atoms with E-state index in [0.29, 0.717) is 13.0 Å². The van der Waals surface area contributed by atoms with Crippen molar-refractivity contribution in [2.75, 3.05) is 6.54 Å². The van der Waals surface area contributed by atoms with E-state index in [1.54, 1.807) is 6.20 Å². The maximum atomic E-state index is 12.5. The fraction of sp³-hybridized carbons (Fsp3) is 0.467. The molecule has 0 aliphatic carbocycles. The highest BCUT2D eigenvalue weighted by molar-refractivity contribution is 9.10. The number of ketones is 1. The van der Waals surface area contributed by atoms with E-state index in [4.69, 9.17) is 5.53 Å². The Morgan fingerprint density at radius 2 is 2.27 bits per heavy atom. The second-order valence-electron chi connectivity index (χ2n) is 5.40. The summed E-state index contributed by atoms with van der Waals surface area (Å²) in [5.41, 5.74) is 9.93. The first kappa shape index (κ1) is 16.5. The third-order valence-electron chi connectivity index (χ3n) is 3.52. The Bertz CT molecular complexity index is 731. The van der Waals surface area contributed by atoms with Gasteiger partial charge in [0, 0.05) is 41.1 Å². The highest BCUT2D eigenvalue weighted by Gasteiger charge is 2.16. The molecule has 2 heterocycles. The van der Waals surface area contributed by atoms with Crippen LogP contribution in [0.4, 0.5) is 0 Å². The number of pyridine rings is 1. The molecule has 2 rings (SSSR count). The number of rotatable bonds is 7. The lowest BCUT2D eigenvalue weighted by molar-refractivity contribution is 0.0981. The molecule has 0 amide bonds. The third kappa shape index (κ3) is 3.67. The van der Waals surface area contributed by atoms with Gasteiger partial charge in [-0.25, -0.2) is 4.98 Å². The van der Waals surface area contributed by atoms with E-state index in [1.165, 1.54) is 0 Å². The van der Waals surface area contributed by atoms with Crippen LogP contribution in [-0.4, -0.2) is 21.9 Å². The van der Waals surface area contributed by atoms with Gasteiger partial charge in [0.2, 0.25) is 0 Å². The molecule has 0 fully saturated rings. The van der Waals surface area contributed by atoms with Crippen molar-refractivity contribution in [2.45, 2.75) is 39.2 Å². The van der Waals surface area contributed by atoms with Gasteiger partial charge in [0.1, 0.15) is 4.60 Å². The number of nitrogens with zero attached hydrogens (tertiary/aromatic N) is 5. The molecule has 0 aliphatic rings. The predicted molar refractivity (Wildman–Crippen MR) is 90.0 cm³/mol. The number of carbonyl (C=O) groups excluding carboxylic acids is 1. The largest absolute Gasteiger partial charge is 0.343 e. The predicted octanol–water partition coefficient (Wildman–Crippen LogP) is 5.04. The first-order valence-corrected chi connectivity index (χ1v) is 8.04. The van der Waals surface area contributed by atoms with Crippen LogP contribution < -0.4 is 0 Å². The number of halogens is 1. The van der Waals surface area contributed by atoms with Crippen molar-refractivity contribution < 1.29 is 4.79 Å². The smallest absolute Gasteiger partial charge is 0.165 e. The molecule has 2 aromatic rings. The van der Waals surface area contributed by atoms with Crippen molar-refractivity contribution in [3.8, 4) is 0 Å². The molecule has 0 unspecified atom stereocenters. The third-order valence-corrected chi connectivity index (χ3v) is 3.95. The summed E-state index contributed by atoms with van der Waals surface area (Å²) in [4.78, 5) is 19.5. The molecule has 0 radical (unpaired) electrons. The van der Waals surface area contributed by atoms with Crippen LogP contribution in [0.25, 0.3) is 21.3 Å². The molecule has 7 heteroatoms. The average molecular weight is 364 g/mol. The van der Waals surface area contributed by atoms with Gasteiger partial charge in [0.15, 0.2) is 5.78 Å². The van der Waals surface area contributed by atoms with Crippen LogP contribution >= 0.6 is 15.9 Å². The second-order valence-corrected chi connectivity index (χ2v) is 6.22. The van der Waals surface area contributed by atoms with Gasteiger partial charge < -0.3 is 4.57 Å². The van der Waals surface area contributed by atoms with Crippen LogP contribution in [0.15, 0.2) is 28.2 Å². The van der Waals surface area contributed by atoms with Gasteiger partial charge in [-0.05, 0) is 54.2 Å². The molecule has 0 atom stereocenters. The van der Waals surface area contributed by atoms with E-state index in [9.17, 15) is 4.79 Å². The monoisotopic (exact) mass is 363 g/mol. The number of aromatic nitrogens is 2. The molecule has 0 N–H and O–H groups in total. The molecule has 6 nitrogen and oxygen atoms in total. The summed E-state index contributed by atoms with van der Waals surface area (Å²) in [6.07, 6.45) is 5.61. The Kier molecular flexibility index (Phi) is 5.57. The molecule has 0 spiro atoms. The van der Waals surface area contributed by atoms with Crippen molar-refractivity contribution in [2.24, 2.45) is 5.11 Å². The van der Waals surface area contributed by atoms with Crippen LogP contribution in [0.3, 0.4) is 0 Å². The summed E-state index contributed by atoms with van der Waals surface area (Å²) < 4.78 is 2.79. The van der Waals surface area contributed by atoms with Crippen LogP contribution in [0, 0.1) is 0 Å². The maximum absolute atomic E-state index is 12.5. The lowest BCUT2D eigenvalue weighted by Gasteiger charge is -2.08. The van der Waals surface area contributed by atoms with E-state index < -0.39 is 0 Å². The van der Waals surface area contributed by atoms with E-state index >= 15 is 0 Å². The number of Topliss-reactive ketones (excluding diaryl/α,β-unsaturated/α-hetero) is 1. The lowest BCUT2D eigenvalue weighted by Crippen LogP contribution is -2.00. The van der Waals surface area contributed by atoms with Crippen molar-refractivity contribution in [1.82, 2.24) is 9.55 Å². The molecular weight excluding hydrogens is 346 g/mol. The first-order valence-electron chi connectivity index (χ1n) is 7.24. The SMILES string of the molecule is CC(C)n1cc(C(=O)CCCCN=[N+]=[N-])c2cc(Br)ncc21. The van der Waals surface area contributed by atoms with Crippen LogP contribution in [0.1, 0.15) is 49.5 Å². The summed E-state index contributed by atoms with van der Waals surface area (Å²) in [6, 6.07) is 2.15. The summed E-state index contributed by atoms with van der Waals surface area (Å²) in [7, 11) is 0. The van der Waals surface area contributed by atoms with Crippen molar-refractivity contribution in [3.05, 3.63) is 39.1 Å². The van der Waals surface area contributed by atoms with Crippen molar-refractivity contribution in [3.63, 3.8) is 0 Å².